The molecule has 1 amide bonds. The lowest BCUT2D eigenvalue weighted by Crippen LogP contribution is -2.32. The highest BCUT2D eigenvalue weighted by Crippen LogP contribution is 2.31. The van der Waals surface area contributed by atoms with E-state index in [0.717, 1.165) is 24.0 Å². The smallest absolute Gasteiger partial charge is 0.238 e. The Hall–Kier alpha value is -2.20. The molecule has 1 aliphatic heterocycles. The SMILES string of the molecule is CN1CC(=O)N(CCCc2ccc(F)cc2)C1c1ccc(C(C)(C)C)cc1. The largest absolute Gasteiger partial charge is 0.322 e. The van der Waals surface area contributed by atoms with Gasteiger partial charge in [-0.1, -0.05) is 57.2 Å². The van der Waals surface area contributed by atoms with Gasteiger partial charge in [-0.2, -0.15) is 0 Å². The quantitative estimate of drug-likeness (QED) is 0.774. The molecule has 27 heavy (non-hydrogen) atoms. The molecule has 0 N–H and O–H groups in total. The predicted octanol–water partition coefficient (Wildman–Crippen LogP) is 4.53. The van der Waals surface area contributed by atoms with Crippen molar-refractivity contribution >= 4 is 5.91 Å². The lowest BCUT2D eigenvalue weighted by molar-refractivity contribution is -0.128. The van der Waals surface area contributed by atoms with Crippen LogP contribution in [0.5, 0.6) is 0 Å². The molecule has 3 nitrogen and oxygen atoms in total. The fourth-order valence-electron chi connectivity index (χ4n) is 3.71. The van der Waals surface area contributed by atoms with Gasteiger partial charge >= 0.3 is 0 Å². The summed E-state index contributed by atoms with van der Waals surface area (Å²) >= 11 is 0. The van der Waals surface area contributed by atoms with Crippen molar-refractivity contribution in [3.8, 4) is 0 Å². The second-order valence-corrected chi connectivity index (χ2v) is 8.48. The predicted molar refractivity (Wildman–Crippen MR) is 107 cm³/mol. The minimum Gasteiger partial charge on any atom is -0.322 e. The third-order valence-corrected chi connectivity index (χ3v) is 5.27. The van der Waals surface area contributed by atoms with Crippen LogP contribution in [-0.4, -0.2) is 35.8 Å². The Kier molecular flexibility index (Phi) is 5.66. The van der Waals surface area contributed by atoms with Gasteiger partial charge in [-0.3, -0.25) is 9.69 Å². The monoisotopic (exact) mass is 368 g/mol. The average Bonchev–Trinajstić information content (AvgIpc) is 2.89. The van der Waals surface area contributed by atoms with Gasteiger partial charge in [0.05, 0.1) is 6.54 Å². The normalized spacial score (nSPS) is 18.3. The second-order valence-electron chi connectivity index (χ2n) is 8.48. The zero-order valence-electron chi connectivity index (χ0n) is 16.7. The van der Waals surface area contributed by atoms with E-state index in [4.69, 9.17) is 0 Å². The van der Waals surface area contributed by atoms with Gasteiger partial charge in [0.2, 0.25) is 5.91 Å². The molecule has 0 radical (unpaired) electrons. The number of hydrogen-bond acceptors (Lipinski definition) is 2. The molecular weight excluding hydrogens is 339 g/mol. The molecule has 0 saturated carbocycles. The molecule has 1 heterocycles. The minimum atomic E-state index is -0.214. The average molecular weight is 368 g/mol. The maximum absolute atomic E-state index is 13.0. The van der Waals surface area contributed by atoms with Crippen molar-refractivity contribution in [3.05, 3.63) is 71.0 Å². The maximum atomic E-state index is 13.0. The van der Waals surface area contributed by atoms with Gasteiger partial charge in [0.25, 0.3) is 0 Å². The molecule has 1 unspecified atom stereocenters. The van der Waals surface area contributed by atoms with E-state index in [2.05, 4.69) is 49.9 Å². The van der Waals surface area contributed by atoms with Crippen molar-refractivity contribution in [2.75, 3.05) is 20.1 Å². The van der Waals surface area contributed by atoms with Crippen LogP contribution in [0.4, 0.5) is 4.39 Å². The van der Waals surface area contributed by atoms with Crippen LogP contribution in [0.15, 0.2) is 48.5 Å². The summed E-state index contributed by atoms with van der Waals surface area (Å²) < 4.78 is 13.0. The van der Waals surface area contributed by atoms with Gasteiger partial charge in [0, 0.05) is 6.54 Å². The van der Waals surface area contributed by atoms with Crippen LogP contribution in [0, 0.1) is 5.82 Å². The van der Waals surface area contributed by atoms with Gasteiger partial charge in [-0.05, 0) is 54.1 Å². The first-order valence-corrected chi connectivity index (χ1v) is 9.60. The molecule has 0 aliphatic carbocycles. The van der Waals surface area contributed by atoms with Crippen LogP contribution in [0.2, 0.25) is 0 Å². The summed E-state index contributed by atoms with van der Waals surface area (Å²) in [6.45, 7) is 7.76. The number of benzene rings is 2. The van der Waals surface area contributed by atoms with Gasteiger partial charge in [0.15, 0.2) is 0 Å². The number of rotatable bonds is 5. The van der Waals surface area contributed by atoms with Crippen molar-refractivity contribution < 1.29 is 9.18 Å². The van der Waals surface area contributed by atoms with Crippen LogP contribution in [0.3, 0.4) is 0 Å². The Labute approximate surface area is 161 Å². The number of halogens is 1. The summed E-state index contributed by atoms with van der Waals surface area (Å²) in [6.07, 6.45) is 1.69. The topological polar surface area (TPSA) is 23.6 Å². The summed E-state index contributed by atoms with van der Waals surface area (Å²) in [7, 11) is 2.00. The maximum Gasteiger partial charge on any atom is 0.238 e. The number of hydrogen-bond donors (Lipinski definition) is 0. The zero-order valence-corrected chi connectivity index (χ0v) is 16.7. The summed E-state index contributed by atoms with van der Waals surface area (Å²) in [5.74, 6) is -0.0460. The molecule has 2 aromatic carbocycles. The van der Waals surface area contributed by atoms with E-state index in [0.29, 0.717) is 13.1 Å². The Morgan fingerprint density at radius 1 is 1.04 bits per heavy atom. The summed E-state index contributed by atoms with van der Waals surface area (Å²) in [6, 6.07) is 15.2. The number of amides is 1. The van der Waals surface area contributed by atoms with Gasteiger partial charge in [0.1, 0.15) is 12.0 Å². The van der Waals surface area contributed by atoms with Gasteiger partial charge < -0.3 is 4.90 Å². The van der Waals surface area contributed by atoms with E-state index >= 15 is 0 Å². The van der Waals surface area contributed by atoms with E-state index in [-0.39, 0.29) is 23.3 Å². The summed E-state index contributed by atoms with van der Waals surface area (Å²) in [5.41, 5.74) is 3.66. The molecule has 1 atom stereocenters. The van der Waals surface area contributed by atoms with E-state index in [1.165, 1.54) is 17.7 Å². The minimum absolute atomic E-state index is 0.0141. The van der Waals surface area contributed by atoms with Gasteiger partial charge in [-0.25, -0.2) is 4.39 Å². The first-order valence-electron chi connectivity index (χ1n) is 9.60. The third kappa shape index (κ3) is 4.56. The molecule has 2 aromatic rings. The Morgan fingerprint density at radius 3 is 2.26 bits per heavy atom. The molecule has 1 saturated heterocycles. The highest BCUT2D eigenvalue weighted by Gasteiger charge is 2.36. The fourth-order valence-corrected chi connectivity index (χ4v) is 3.71. The first kappa shape index (κ1) is 19.6. The lowest BCUT2D eigenvalue weighted by atomic mass is 9.86. The van der Waals surface area contributed by atoms with E-state index in [1.807, 2.05) is 24.1 Å². The number of likely N-dealkylation sites (N-methyl/N-ethyl adjacent to an activating group) is 1. The van der Waals surface area contributed by atoms with Crippen LogP contribution < -0.4 is 0 Å². The molecule has 1 aliphatic rings. The second kappa shape index (κ2) is 7.81. The van der Waals surface area contributed by atoms with Crippen LogP contribution in [0.25, 0.3) is 0 Å². The molecule has 4 heteroatoms. The summed E-state index contributed by atoms with van der Waals surface area (Å²) in [4.78, 5) is 16.6. The summed E-state index contributed by atoms with van der Waals surface area (Å²) in [5, 5.41) is 0. The van der Waals surface area contributed by atoms with Crippen molar-refractivity contribution in [1.29, 1.82) is 0 Å². The van der Waals surface area contributed by atoms with Crippen LogP contribution in [-0.2, 0) is 16.6 Å². The third-order valence-electron chi connectivity index (χ3n) is 5.27. The van der Waals surface area contributed by atoms with Crippen molar-refractivity contribution in [2.45, 2.75) is 45.2 Å². The highest BCUT2D eigenvalue weighted by molar-refractivity contribution is 5.80. The van der Waals surface area contributed by atoms with E-state index in [9.17, 15) is 9.18 Å². The number of carbonyl (C=O) groups is 1. The van der Waals surface area contributed by atoms with E-state index < -0.39 is 0 Å². The molecular formula is C23H29FN2O. The van der Waals surface area contributed by atoms with Crippen LogP contribution >= 0.6 is 0 Å². The van der Waals surface area contributed by atoms with Crippen molar-refractivity contribution in [2.24, 2.45) is 0 Å². The number of aryl methyl sites for hydroxylation is 1. The number of nitrogens with zero attached hydrogens (tertiary/aromatic N) is 2. The van der Waals surface area contributed by atoms with E-state index in [1.54, 1.807) is 0 Å². The Bertz CT molecular complexity index is 778. The molecule has 144 valence electrons. The molecule has 0 spiro atoms. The first-order chi connectivity index (χ1) is 12.8. The molecule has 1 fully saturated rings. The molecule has 0 bridgehead atoms. The fraction of sp³-hybridized carbons (Fsp3) is 0.435. The highest BCUT2D eigenvalue weighted by atomic mass is 19.1. The molecule has 3 rings (SSSR count). The van der Waals surface area contributed by atoms with Gasteiger partial charge in [-0.15, -0.1) is 0 Å². The van der Waals surface area contributed by atoms with Crippen molar-refractivity contribution in [1.82, 2.24) is 9.80 Å². The standard InChI is InChI=1S/C23H29FN2O/c1-23(2,3)19-11-9-18(10-12-19)22-25(4)16-21(27)26(22)15-5-6-17-7-13-20(24)14-8-17/h7-14,22H,5-6,15-16H2,1-4H3. The zero-order chi connectivity index (χ0) is 19.6. The number of carbonyl (C=O) groups excluding carboxylic acids is 1. The Morgan fingerprint density at radius 2 is 1.67 bits per heavy atom. The van der Waals surface area contributed by atoms with Crippen molar-refractivity contribution in [3.63, 3.8) is 0 Å². The van der Waals surface area contributed by atoms with Crippen LogP contribution in [0.1, 0.15) is 50.0 Å². The lowest BCUT2D eigenvalue weighted by Gasteiger charge is -2.29. The molecule has 0 aromatic heterocycles. The Balaban J connectivity index is 1.69.